The Labute approximate surface area is 79.7 Å². The van der Waals surface area contributed by atoms with Crippen LogP contribution in [0.5, 0.6) is 0 Å². The number of hydrogen-bond acceptors (Lipinski definition) is 1. The first-order chi connectivity index (χ1) is 5.61. The predicted molar refractivity (Wildman–Crippen MR) is 52.8 cm³/mol. The average molecular weight is 203 g/mol. The van der Waals surface area contributed by atoms with E-state index in [0.29, 0.717) is 10.8 Å². The van der Waals surface area contributed by atoms with Crippen molar-refractivity contribution < 1.29 is 4.21 Å². The fourth-order valence-corrected chi connectivity index (χ4v) is 1.62. The Morgan fingerprint density at radius 3 is 2.08 bits per heavy atom. The molecule has 0 aliphatic carbocycles. The summed E-state index contributed by atoms with van der Waals surface area (Å²) in [6.07, 6.45) is 0. The lowest BCUT2D eigenvalue weighted by atomic mass is 10.0. The minimum atomic E-state index is -1.38. The van der Waals surface area contributed by atoms with Crippen molar-refractivity contribution in [2.45, 2.75) is 24.7 Å². The van der Waals surface area contributed by atoms with Crippen LogP contribution in [0.3, 0.4) is 0 Å². The predicted octanol–water partition coefficient (Wildman–Crippen LogP) is 3.07. The zero-order valence-electron chi connectivity index (χ0n) is 7.08. The summed E-state index contributed by atoms with van der Waals surface area (Å²) in [7, 11) is 4.03. The number of benzene rings is 1. The van der Waals surface area contributed by atoms with Crippen LogP contribution in [-0.2, 0) is 10.0 Å². The molecule has 0 aliphatic rings. The van der Waals surface area contributed by atoms with E-state index in [1.54, 1.807) is 12.1 Å². The van der Waals surface area contributed by atoms with Gasteiger partial charge < -0.3 is 0 Å². The summed E-state index contributed by atoms with van der Waals surface area (Å²) in [6, 6.07) is 7.53. The minimum Gasteiger partial charge on any atom is -0.237 e. The zero-order valence-corrected chi connectivity index (χ0v) is 8.65. The number of hydrogen-bond donors (Lipinski definition) is 0. The van der Waals surface area contributed by atoms with Crippen molar-refractivity contribution in [3.63, 3.8) is 0 Å². The van der Waals surface area contributed by atoms with Gasteiger partial charge in [-0.3, -0.25) is 0 Å². The topological polar surface area (TPSA) is 17.1 Å². The van der Waals surface area contributed by atoms with E-state index in [-0.39, 0.29) is 0 Å². The molecule has 0 aromatic heterocycles. The zero-order chi connectivity index (χ0) is 9.14. The summed E-state index contributed by atoms with van der Waals surface area (Å²) >= 11 is 0. The molecule has 0 saturated carbocycles. The van der Waals surface area contributed by atoms with E-state index in [0.717, 1.165) is 0 Å². The Morgan fingerprint density at radius 2 is 1.75 bits per heavy atom. The van der Waals surface area contributed by atoms with Crippen LogP contribution in [0.15, 0.2) is 29.2 Å². The van der Waals surface area contributed by atoms with Gasteiger partial charge in [0.05, 0.1) is 4.90 Å². The van der Waals surface area contributed by atoms with Crippen molar-refractivity contribution in [1.29, 1.82) is 0 Å². The lowest BCUT2D eigenvalue weighted by molar-refractivity contribution is 0.691. The van der Waals surface area contributed by atoms with Crippen molar-refractivity contribution >= 4 is 20.7 Å². The van der Waals surface area contributed by atoms with Crippen molar-refractivity contribution in [3.8, 4) is 0 Å². The van der Waals surface area contributed by atoms with Gasteiger partial charge in [-0.15, -0.1) is 0 Å². The van der Waals surface area contributed by atoms with Gasteiger partial charge in [-0.1, -0.05) is 26.0 Å². The lowest BCUT2D eigenvalue weighted by Crippen LogP contribution is -1.87. The van der Waals surface area contributed by atoms with Crippen molar-refractivity contribution in [2.24, 2.45) is 0 Å². The van der Waals surface area contributed by atoms with E-state index in [9.17, 15) is 4.21 Å². The lowest BCUT2D eigenvalue weighted by Gasteiger charge is -2.04. The maximum Gasteiger partial charge on any atom is 0.147 e. The quantitative estimate of drug-likeness (QED) is 0.674. The van der Waals surface area contributed by atoms with Crippen molar-refractivity contribution in [3.05, 3.63) is 29.8 Å². The smallest absolute Gasteiger partial charge is 0.147 e. The van der Waals surface area contributed by atoms with E-state index in [2.05, 4.69) is 13.8 Å². The summed E-state index contributed by atoms with van der Waals surface area (Å²) in [5.74, 6) is 0.503. The highest BCUT2D eigenvalue weighted by Gasteiger charge is 2.01. The number of rotatable bonds is 2. The molecule has 1 aromatic rings. The van der Waals surface area contributed by atoms with Gasteiger partial charge in [0.2, 0.25) is 0 Å². The van der Waals surface area contributed by atoms with Crippen LogP contribution in [0.4, 0.5) is 0 Å². The molecule has 66 valence electrons. The molecule has 1 atom stereocenters. The summed E-state index contributed by atoms with van der Waals surface area (Å²) < 4.78 is 10.8. The molecule has 0 aliphatic heterocycles. The molecule has 0 radical (unpaired) electrons. The van der Waals surface area contributed by atoms with Gasteiger partial charge in [-0.25, -0.2) is 4.21 Å². The fraction of sp³-hybridized carbons (Fsp3) is 0.333. The molecule has 0 bridgehead atoms. The molecule has 3 heteroatoms. The van der Waals surface area contributed by atoms with Gasteiger partial charge in [0, 0.05) is 0 Å². The van der Waals surface area contributed by atoms with Crippen LogP contribution in [-0.4, -0.2) is 4.21 Å². The Kier molecular flexibility index (Phi) is 3.29. The maximum absolute atomic E-state index is 10.8. The van der Waals surface area contributed by atoms with E-state index in [1.165, 1.54) is 5.56 Å². The molecule has 1 nitrogen and oxygen atoms in total. The molecule has 0 heterocycles. The normalized spacial score (nSPS) is 13.3. The average Bonchev–Trinajstić information content (AvgIpc) is 2.04. The Bertz CT molecular complexity index is 279. The van der Waals surface area contributed by atoms with E-state index in [1.807, 2.05) is 12.1 Å². The summed E-state index contributed by atoms with van der Waals surface area (Å²) in [5.41, 5.74) is 1.24. The Hall–Kier alpha value is -0.340. The Morgan fingerprint density at radius 1 is 1.25 bits per heavy atom. The number of halogens is 1. The van der Waals surface area contributed by atoms with Gasteiger partial charge in [0.15, 0.2) is 0 Å². The summed E-state index contributed by atoms with van der Waals surface area (Å²) in [5, 5.41) is 0. The standard InChI is InChI=1S/C9H11ClOS/c1-7(2)8-3-5-9(6-4-8)12(10)11/h3-7H,1-2H3. The van der Waals surface area contributed by atoms with Gasteiger partial charge in [-0.2, -0.15) is 0 Å². The van der Waals surface area contributed by atoms with Gasteiger partial charge in [-0.05, 0) is 34.3 Å². The second kappa shape index (κ2) is 4.06. The van der Waals surface area contributed by atoms with Crippen LogP contribution in [0.1, 0.15) is 25.3 Å². The monoisotopic (exact) mass is 202 g/mol. The minimum absolute atomic E-state index is 0.503. The second-order valence-corrected chi connectivity index (χ2v) is 4.71. The molecule has 12 heavy (non-hydrogen) atoms. The molecule has 0 fully saturated rings. The first-order valence-electron chi connectivity index (χ1n) is 3.79. The molecular weight excluding hydrogens is 192 g/mol. The van der Waals surface area contributed by atoms with E-state index >= 15 is 0 Å². The largest absolute Gasteiger partial charge is 0.237 e. The van der Waals surface area contributed by atoms with Gasteiger partial charge in [0.1, 0.15) is 10.0 Å². The third kappa shape index (κ3) is 2.32. The fourth-order valence-electron chi connectivity index (χ4n) is 0.960. The highest BCUT2D eigenvalue weighted by atomic mass is 35.7. The molecular formula is C9H11ClOS. The van der Waals surface area contributed by atoms with Crippen LogP contribution in [0, 0.1) is 0 Å². The van der Waals surface area contributed by atoms with Crippen LogP contribution < -0.4 is 0 Å². The van der Waals surface area contributed by atoms with Crippen LogP contribution in [0.25, 0.3) is 0 Å². The molecule has 0 saturated heterocycles. The first-order valence-corrected chi connectivity index (χ1v) is 5.77. The molecule has 0 N–H and O–H groups in total. The third-order valence-electron chi connectivity index (χ3n) is 1.73. The van der Waals surface area contributed by atoms with Crippen LogP contribution >= 0.6 is 10.7 Å². The van der Waals surface area contributed by atoms with E-state index in [4.69, 9.17) is 10.7 Å². The molecule has 1 rings (SSSR count). The van der Waals surface area contributed by atoms with Crippen LogP contribution in [0.2, 0.25) is 0 Å². The highest BCUT2D eigenvalue weighted by Crippen LogP contribution is 2.17. The summed E-state index contributed by atoms with van der Waals surface area (Å²) in [4.78, 5) is 0.668. The molecule has 0 amide bonds. The van der Waals surface area contributed by atoms with Crippen molar-refractivity contribution in [2.75, 3.05) is 0 Å². The Balaban J connectivity index is 2.93. The molecule has 0 spiro atoms. The summed E-state index contributed by atoms with van der Waals surface area (Å²) in [6.45, 7) is 4.24. The maximum atomic E-state index is 10.8. The first kappa shape index (κ1) is 9.75. The third-order valence-corrected chi connectivity index (χ3v) is 2.91. The van der Waals surface area contributed by atoms with Gasteiger partial charge >= 0.3 is 0 Å². The molecule has 1 unspecified atom stereocenters. The molecule has 1 aromatic carbocycles. The van der Waals surface area contributed by atoms with Crippen molar-refractivity contribution in [1.82, 2.24) is 0 Å². The highest BCUT2D eigenvalue weighted by molar-refractivity contribution is 8.08. The second-order valence-electron chi connectivity index (χ2n) is 2.95. The van der Waals surface area contributed by atoms with E-state index < -0.39 is 10.0 Å². The van der Waals surface area contributed by atoms with Gasteiger partial charge in [0.25, 0.3) is 0 Å². The SMILES string of the molecule is CC(C)c1ccc(S(=O)Cl)cc1.